The first kappa shape index (κ1) is 16.4. The maximum absolute atomic E-state index is 12.1. The minimum atomic E-state index is -3.46. The molecule has 0 spiro atoms. The van der Waals surface area contributed by atoms with Crippen molar-refractivity contribution in [1.82, 2.24) is 0 Å². The van der Waals surface area contributed by atoms with Crippen LogP contribution >= 0.6 is 0 Å². The summed E-state index contributed by atoms with van der Waals surface area (Å²) < 4.78 is 33.2. The predicted molar refractivity (Wildman–Crippen MR) is 78.5 cm³/mol. The van der Waals surface area contributed by atoms with Crippen LogP contribution in [0.2, 0.25) is 0 Å². The maximum atomic E-state index is 12.1. The van der Waals surface area contributed by atoms with Gasteiger partial charge in [0, 0.05) is 12.9 Å². The Balaban J connectivity index is 2.36. The summed E-state index contributed by atoms with van der Waals surface area (Å²) in [5, 5.41) is 2.55. The minimum absolute atomic E-state index is 0.00259. The van der Waals surface area contributed by atoms with Crippen LogP contribution in [0.15, 0.2) is 23.1 Å². The molecule has 1 fully saturated rings. The van der Waals surface area contributed by atoms with E-state index in [1.807, 2.05) is 0 Å². The molecule has 0 bridgehead atoms. The Labute approximate surface area is 128 Å². The van der Waals surface area contributed by atoms with Crippen molar-refractivity contribution in [1.29, 1.82) is 0 Å². The second kappa shape index (κ2) is 6.45. The molecule has 0 aliphatic carbocycles. The third kappa shape index (κ3) is 3.63. The molecular formula is C14H17NO6S. The molecule has 0 aromatic heterocycles. The summed E-state index contributed by atoms with van der Waals surface area (Å²) in [5.41, 5.74) is 0.177. The van der Waals surface area contributed by atoms with Crippen molar-refractivity contribution in [2.24, 2.45) is 0 Å². The smallest absolute Gasteiger partial charge is 0.339 e. The first-order chi connectivity index (χ1) is 10.3. The van der Waals surface area contributed by atoms with Crippen LogP contribution in [0.25, 0.3) is 0 Å². The second-order valence-electron chi connectivity index (χ2n) is 4.96. The van der Waals surface area contributed by atoms with Gasteiger partial charge in [0.2, 0.25) is 0 Å². The van der Waals surface area contributed by atoms with E-state index in [-0.39, 0.29) is 16.1 Å². The molecule has 1 aromatic rings. The van der Waals surface area contributed by atoms with E-state index in [1.165, 1.54) is 25.3 Å². The highest BCUT2D eigenvalue weighted by atomic mass is 32.2. The number of rotatable bonds is 4. The number of methoxy groups -OCH3 is 1. The van der Waals surface area contributed by atoms with Crippen LogP contribution in [0.3, 0.4) is 0 Å². The number of ether oxygens (including phenoxy) is 2. The summed E-state index contributed by atoms with van der Waals surface area (Å²) in [4.78, 5) is 23.8. The summed E-state index contributed by atoms with van der Waals surface area (Å²) in [6.07, 6.45) is 1.83. The molecule has 2 rings (SSSR count). The van der Waals surface area contributed by atoms with E-state index in [9.17, 15) is 18.0 Å². The molecule has 120 valence electrons. The third-order valence-electron chi connectivity index (χ3n) is 3.30. The Hall–Kier alpha value is -1.93. The summed E-state index contributed by atoms with van der Waals surface area (Å²) in [7, 11) is -2.26. The van der Waals surface area contributed by atoms with Crippen LogP contribution in [0.1, 0.15) is 23.2 Å². The number of esters is 1. The number of hydrogen-bond donors (Lipinski definition) is 1. The molecule has 1 atom stereocenters. The van der Waals surface area contributed by atoms with Gasteiger partial charge in [-0.25, -0.2) is 13.2 Å². The summed E-state index contributed by atoms with van der Waals surface area (Å²) in [5.74, 6) is -1.07. The van der Waals surface area contributed by atoms with E-state index in [0.29, 0.717) is 13.0 Å². The Morgan fingerprint density at radius 2 is 2.09 bits per heavy atom. The molecule has 1 N–H and O–H groups in total. The molecule has 1 aliphatic rings. The van der Waals surface area contributed by atoms with Gasteiger partial charge in [0.15, 0.2) is 9.84 Å². The topological polar surface area (TPSA) is 98.8 Å². The summed E-state index contributed by atoms with van der Waals surface area (Å²) in [6, 6.07) is 3.85. The van der Waals surface area contributed by atoms with Crippen LogP contribution in [-0.4, -0.2) is 46.4 Å². The number of carbonyl (C=O) groups excluding carboxylic acids is 2. The van der Waals surface area contributed by atoms with Gasteiger partial charge in [-0.05, 0) is 31.0 Å². The number of benzene rings is 1. The van der Waals surface area contributed by atoms with E-state index in [1.54, 1.807) is 0 Å². The van der Waals surface area contributed by atoms with Crippen LogP contribution in [0, 0.1) is 0 Å². The van der Waals surface area contributed by atoms with Crippen molar-refractivity contribution in [3.05, 3.63) is 23.8 Å². The normalized spacial score (nSPS) is 18.0. The number of amides is 1. The number of sulfone groups is 1. The van der Waals surface area contributed by atoms with E-state index >= 15 is 0 Å². The quantitative estimate of drug-likeness (QED) is 0.828. The van der Waals surface area contributed by atoms with Gasteiger partial charge >= 0.3 is 5.97 Å². The van der Waals surface area contributed by atoms with Crippen LogP contribution in [0.5, 0.6) is 0 Å². The van der Waals surface area contributed by atoms with Crippen LogP contribution in [-0.2, 0) is 24.1 Å². The fourth-order valence-electron chi connectivity index (χ4n) is 2.14. The van der Waals surface area contributed by atoms with Crippen molar-refractivity contribution in [2.45, 2.75) is 23.8 Å². The first-order valence-electron chi connectivity index (χ1n) is 6.68. The lowest BCUT2D eigenvalue weighted by atomic mass is 10.1. The van der Waals surface area contributed by atoms with Crippen molar-refractivity contribution in [3.63, 3.8) is 0 Å². The predicted octanol–water partition coefficient (Wildman–Crippen LogP) is 0.994. The van der Waals surface area contributed by atoms with E-state index in [4.69, 9.17) is 4.74 Å². The zero-order valence-electron chi connectivity index (χ0n) is 12.3. The van der Waals surface area contributed by atoms with Crippen LogP contribution < -0.4 is 5.32 Å². The molecule has 1 aromatic carbocycles. The highest BCUT2D eigenvalue weighted by Gasteiger charge is 2.25. The molecular weight excluding hydrogens is 310 g/mol. The van der Waals surface area contributed by atoms with E-state index < -0.39 is 27.8 Å². The maximum Gasteiger partial charge on any atom is 0.339 e. The van der Waals surface area contributed by atoms with Gasteiger partial charge in [-0.15, -0.1) is 0 Å². The molecule has 8 heteroatoms. The summed E-state index contributed by atoms with van der Waals surface area (Å²) >= 11 is 0. The Morgan fingerprint density at radius 3 is 2.64 bits per heavy atom. The number of anilines is 1. The second-order valence-corrected chi connectivity index (χ2v) is 6.98. The molecule has 0 radical (unpaired) electrons. The lowest BCUT2D eigenvalue weighted by Gasteiger charge is -2.14. The molecule has 1 heterocycles. The average Bonchev–Trinajstić information content (AvgIpc) is 2.99. The third-order valence-corrected chi connectivity index (χ3v) is 4.41. The fourth-order valence-corrected chi connectivity index (χ4v) is 2.79. The monoisotopic (exact) mass is 327 g/mol. The SMILES string of the molecule is COC(=O)c1ccc(S(C)(=O)=O)cc1NC(=O)[C@H]1CCCO1. The fraction of sp³-hybridized carbons (Fsp3) is 0.429. The zero-order valence-corrected chi connectivity index (χ0v) is 13.1. The largest absolute Gasteiger partial charge is 0.465 e. The van der Waals surface area contributed by atoms with Crippen molar-refractivity contribution < 1.29 is 27.5 Å². The standard InChI is InChI=1S/C14H17NO6S/c1-20-14(17)10-6-5-9(22(2,18)19)8-11(10)15-13(16)12-4-3-7-21-12/h5-6,8,12H,3-4,7H2,1-2H3,(H,15,16)/t12-/m1/s1. The van der Waals surface area contributed by atoms with Crippen molar-refractivity contribution >= 4 is 27.4 Å². The Morgan fingerprint density at radius 1 is 1.36 bits per heavy atom. The van der Waals surface area contributed by atoms with E-state index in [2.05, 4.69) is 10.1 Å². The first-order valence-corrected chi connectivity index (χ1v) is 8.57. The molecule has 1 saturated heterocycles. The molecule has 0 saturated carbocycles. The number of nitrogens with one attached hydrogen (secondary N) is 1. The van der Waals surface area contributed by atoms with Gasteiger partial charge in [0.05, 0.1) is 23.3 Å². The Bertz CT molecular complexity index is 691. The highest BCUT2D eigenvalue weighted by Crippen LogP contribution is 2.23. The molecule has 1 amide bonds. The number of hydrogen-bond acceptors (Lipinski definition) is 6. The molecule has 7 nitrogen and oxygen atoms in total. The van der Waals surface area contributed by atoms with Gasteiger partial charge in [-0.2, -0.15) is 0 Å². The highest BCUT2D eigenvalue weighted by molar-refractivity contribution is 7.90. The van der Waals surface area contributed by atoms with Crippen molar-refractivity contribution in [2.75, 3.05) is 25.3 Å². The minimum Gasteiger partial charge on any atom is -0.465 e. The Kier molecular flexibility index (Phi) is 4.82. The van der Waals surface area contributed by atoms with Gasteiger partial charge in [0.1, 0.15) is 6.10 Å². The summed E-state index contributed by atoms with van der Waals surface area (Å²) in [6.45, 7) is 0.505. The molecule has 0 unspecified atom stereocenters. The molecule has 22 heavy (non-hydrogen) atoms. The zero-order chi connectivity index (χ0) is 16.3. The van der Waals surface area contributed by atoms with Crippen LogP contribution in [0.4, 0.5) is 5.69 Å². The molecule has 1 aliphatic heterocycles. The lowest BCUT2D eigenvalue weighted by Crippen LogP contribution is -2.28. The number of carbonyl (C=O) groups is 2. The van der Waals surface area contributed by atoms with E-state index in [0.717, 1.165) is 12.7 Å². The van der Waals surface area contributed by atoms with Gasteiger partial charge in [0.25, 0.3) is 5.91 Å². The lowest BCUT2D eigenvalue weighted by molar-refractivity contribution is -0.124. The van der Waals surface area contributed by atoms with Gasteiger partial charge in [-0.3, -0.25) is 4.79 Å². The van der Waals surface area contributed by atoms with Gasteiger partial charge in [-0.1, -0.05) is 0 Å². The van der Waals surface area contributed by atoms with Gasteiger partial charge < -0.3 is 14.8 Å². The van der Waals surface area contributed by atoms with Crippen molar-refractivity contribution in [3.8, 4) is 0 Å². The average molecular weight is 327 g/mol.